The molecule has 3 aromatic rings. The second-order valence-electron chi connectivity index (χ2n) is 7.81. The number of ether oxygens (including phenoxy) is 4. The van der Waals surface area contributed by atoms with Gasteiger partial charge in [0.05, 0.1) is 39.1 Å². The summed E-state index contributed by atoms with van der Waals surface area (Å²) < 4.78 is 24.7. The third kappa shape index (κ3) is 4.25. The molecule has 0 amide bonds. The van der Waals surface area contributed by atoms with Gasteiger partial charge in [-0.3, -0.25) is 9.36 Å². The summed E-state index contributed by atoms with van der Waals surface area (Å²) in [5.41, 5.74) is 2.16. The van der Waals surface area contributed by atoms with Crippen molar-refractivity contribution in [3.05, 3.63) is 82.1 Å². The lowest BCUT2D eigenvalue weighted by Crippen LogP contribution is -2.39. The van der Waals surface area contributed by atoms with E-state index >= 15 is 0 Å². The molecule has 35 heavy (non-hydrogen) atoms. The maximum Gasteiger partial charge on any atom is 0.338 e. The van der Waals surface area contributed by atoms with E-state index in [1.807, 2.05) is 30.3 Å². The number of hydrogen-bond donors (Lipinski definition) is 0. The highest BCUT2D eigenvalue weighted by Gasteiger charge is 2.34. The summed E-state index contributed by atoms with van der Waals surface area (Å²) in [5.74, 6) is 1.45. The number of carbonyl (C=O) groups is 1. The van der Waals surface area contributed by atoms with Crippen molar-refractivity contribution in [2.24, 2.45) is 4.99 Å². The molecule has 1 aromatic heterocycles. The number of rotatable bonds is 5. The van der Waals surface area contributed by atoms with Crippen molar-refractivity contribution < 1.29 is 23.7 Å². The molecule has 1 unspecified atom stereocenters. The van der Waals surface area contributed by atoms with Gasteiger partial charge in [0.2, 0.25) is 6.79 Å². The van der Waals surface area contributed by atoms with E-state index in [-0.39, 0.29) is 19.0 Å². The minimum absolute atomic E-state index is 0.127. The van der Waals surface area contributed by atoms with Crippen LogP contribution in [0.3, 0.4) is 0 Å². The van der Waals surface area contributed by atoms with E-state index in [9.17, 15) is 9.59 Å². The summed E-state index contributed by atoms with van der Waals surface area (Å²) in [6.07, 6.45) is 1.82. The molecule has 0 radical (unpaired) electrons. The van der Waals surface area contributed by atoms with Crippen LogP contribution in [0.1, 0.15) is 31.0 Å². The molecule has 0 spiro atoms. The zero-order valence-electron chi connectivity index (χ0n) is 19.2. The van der Waals surface area contributed by atoms with Crippen LogP contribution < -0.4 is 29.1 Å². The Morgan fingerprint density at radius 3 is 2.80 bits per heavy atom. The molecule has 5 rings (SSSR count). The monoisotopic (exact) mass is 604 g/mol. The summed E-state index contributed by atoms with van der Waals surface area (Å²) in [4.78, 5) is 31.8. The fourth-order valence-electron chi connectivity index (χ4n) is 4.11. The van der Waals surface area contributed by atoms with Gasteiger partial charge in [-0.2, -0.15) is 0 Å². The number of esters is 1. The molecule has 3 heterocycles. The largest absolute Gasteiger partial charge is 0.496 e. The predicted molar refractivity (Wildman–Crippen MR) is 139 cm³/mol. The first-order valence-corrected chi connectivity index (χ1v) is 12.7. The van der Waals surface area contributed by atoms with Crippen LogP contribution in [-0.4, -0.2) is 31.0 Å². The number of aromatic nitrogens is 1. The van der Waals surface area contributed by atoms with E-state index in [1.165, 1.54) is 11.3 Å². The normalized spacial score (nSPS) is 16.7. The fourth-order valence-corrected chi connectivity index (χ4v) is 5.92. The molecule has 0 saturated carbocycles. The lowest BCUT2D eigenvalue weighted by molar-refractivity contribution is -0.139. The van der Waals surface area contributed by atoms with Crippen LogP contribution in [-0.2, 0) is 9.53 Å². The average Bonchev–Trinajstić information content (AvgIpc) is 3.42. The highest BCUT2D eigenvalue weighted by Crippen LogP contribution is 2.38. The van der Waals surface area contributed by atoms with Gasteiger partial charge in [0, 0.05) is 0 Å². The molecule has 0 N–H and O–H groups in total. The molecule has 180 valence electrons. The van der Waals surface area contributed by atoms with Crippen LogP contribution in [0.2, 0.25) is 0 Å². The molecular weight excluding hydrogens is 583 g/mol. The lowest BCUT2D eigenvalue weighted by Gasteiger charge is -2.24. The van der Waals surface area contributed by atoms with Crippen molar-refractivity contribution in [3.8, 4) is 17.2 Å². The highest BCUT2D eigenvalue weighted by molar-refractivity contribution is 14.1. The molecule has 1 atom stereocenters. The first kappa shape index (κ1) is 23.6. The molecule has 0 bridgehead atoms. The van der Waals surface area contributed by atoms with Crippen molar-refractivity contribution in [3.63, 3.8) is 0 Å². The zero-order valence-corrected chi connectivity index (χ0v) is 22.1. The summed E-state index contributed by atoms with van der Waals surface area (Å²) in [5, 5.41) is 0. The summed E-state index contributed by atoms with van der Waals surface area (Å²) in [7, 11) is 1.62. The van der Waals surface area contributed by atoms with Crippen molar-refractivity contribution in [2.45, 2.75) is 19.9 Å². The number of nitrogens with zero attached hydrogens (tertiary/aromatic N) is 2. The number of methoxy groups -OCH3 is 1. The van der Waals surface area contributed by atoms with Crippen LogP contribution >= 0.6 is 33.9 Å². The number of benzene rings is 2. The highest BCUT2D eigenvalue weighted by atomic mass is 127. The van der Waals surface area contributed by atoms with Gasteiger partial charge in [-0.1, -0.05) is 23.5 Å². The minimum atomic E-state index is -0.710. The molecule has 2 aliphatic heterocycles. The van der Waals surface area contributed by atoms with Crippen LogP contribution in [0.25, 0.3) is 6.08 Å². The molecule has 0 fully saturated rings. The van der Waals surface area contributed by atoms with E-state index in [1.54, 1.807) is 37.7 Å². The van der Waals surface area contributed by atoms with Gasteiger partial charge >= 0.3 is 5.97 Å². The summed E-state index contributed by atoms with van der Waals surface area (Å²) in [6.45, 7) is 3.84. The van der Waals surface area contributed by atoms with Gasteiger partial charge in [0.25, 0.3) is 5.56 Å². The first-order valence-electron chi connectivity index (χ1n) is 10.8. The van der Waals surface area contributed by atoms with Gasteiger partial charge in [-0.15, -0.1) is 0 Å². The fraction of sp³-hybridized carbons (Fsp3) is 0.240. The SMILES string of the molecule is CCOC(=O)C1=C(C)N=c2s/c(=C\c3ccc(OC)c(I)c3)c(=O)n2C1c1ccc2c(c1)OCO2. The van der Waals surface area contributed by atoms with Crippen molar-refractivity contribution >= 4 is 46.0 Å². The van der Waals surface area contributed by atoms with E-state index in [4.69, 9.17) is 18.9 Å². The summed E-state index contributed by atoms with van der Waals surface area (Å²) in [6, 6.07) is 10.4. The van der Waals surface area contributed by atoms with Gasteiger partial charge in [0.15, 0.2) is 16.3 Å². The minimum Gasteiger partial charge on any atom is -0.496 e. The Morgan fingerprint density at radius 1 is 1.26 bits per heavy atom. The Labute approximate surface area is 218 Å². The molecular formula is C25H21IN2O6S. The Balaban J connectivity index is 1.70. The molecule has 0 saturated heterocycles. The second kappa shape index (κ2) is 9.50. The van der Waals surface area contributed by atoms with Gasteiger partial charge in [-0.05, 0) is 77.9 Å². The molecule has 0 aliphatic carbocycles. The maximum absolute atomic E-state index is 13.7. The number of thiazole rings is 1. The number of halogens is 1. The van der Waals surface area contributed by atoms with Crippen LogP contribution in [0, 0.1) is 3.57 Å². The van der Waals surface area contributed by atoms with Crippen LogP contribution in [0.4, 0.5) is 0 Å². The maximum atomic E-state index is 13.7. The Bertz CT molecular complexity index is 1550. The number of hydrogen-bond acceptors (Lipinski definition) is 8. The zero-order chi connectivity index (χ0) is 24.7. The molecule has 2 aromatic carbocycles. The van der Waals surface area contributed by atoms with Crippen LogP contribution in [0.15, 0.2) is 57.5 Å². The van der Waals surface area contributed by atoms with Gasteiger partial charge < -0.3 is 18.9 Å². The van der Waals surface area contributed by atoms with Crippen molar-refractivity contribution in [1.82, 2.24) is 4.57 Å². The molecule has 2 aliphatic rings. The van der Waals surface area contributed by atoms with Crippen molar-refractivity contribution in [1.29, 1.82) is 0 Å². The number of carbonyl (C=O) groups excluding carboxylic acids is 1. The standard InChI is InChI=1S/C25H21IN2O6S/c1-4-32-24(30)21-13(2)27-25-28(22(21)15-6-8-18-19(11-15)34-12-33-18)23(29)20(35-25)10-14-5-7-17(31-3)16(26)9-14/h5-11,22H,4,12H2,1-3H3/b20-10-. The van der Waals surface area contributed by atoms with Gasteiger partial charge in [-0.25, -0.2) is 9.79 Å². The van der Waals surface area contributed by atoms with E-state index in [2.05, 4.69) is 27.6 Å². The number of allylic oxidation sites excluding steroid dienone is 1. The third-order valence-corrected chi connectivity index (χ3v) is 7.53. The van der Waals surface area contributed by atoms with E-state index in [0.717, 1.165) is 14.9 Å². The van der Waals surface area contributed by atoms with E-state index in [0.29, 0.717) is 37.7 Å². The Morgan fingerprint density at radius 2 is 2.06 bits per heavy atom. The van der Waals surface area contributed by atoms with Gasteiger partial charge in [0.1, 0.15) is 5.75 Å². The first-order chi connectivity index (χ1) is 16.9. The number of fused-ring (bicyclic) bond motifs is 2. The topological polar surface area (TPSA) is 88.4 Å². The Hall–Kier alpha value is -3.12. The quantitative estimate of drug-likeness (QED) is 0.329. The molecule has 10 heteroatoms. The average molecular weight is 604 g/mol. The third-order valence-electron chi connectivity index (χ3n) is 5.70. The summed E-state index contributed by atoms with van der Waals surface area (Å²) >= 11 is 3.48. The van der Waals surface area contributed by atoms with Crippen molar-refractivity contribution in [2.75, 3.05) is 20.5 Å². The smallest absolute Gasteiger partial charge is 0.338 e. The Kier molecular flexibility index (Phi) is 6.41. The molecule has 8 nitrogen and oxygen atoms in total. The second-order valence-corrected chi connectivity index (χ2v) is 9.98. The predicted octanol–water partition coefficient (Wildman–Crippen LogP) is 3.14. The van der Waals surface area contributed by atoms with E-state index < -0.39 is 12.0 Å². The lowest BCUT2D eigenvalue weighted by atomic mass is 9.95. The van der Waals surface area contributed by atoms with Crippen LogP contribution in [0.5, 0.6) is 17.2 Å².